The zero-order chi connectivity index (χ0) is 14.9. The summed E-state index contributed by atoms with van der Waals surface area (Å²) >= 11 is 12.4. The number of carbonyl (C=O) groups excluding carboxylic acids is 1. The molecule has 0 saturated carbocycles. The first-order valence-electron chi connectivity index (χ1n) is 5.78. The minimum atomic E-state index is -0.557. The molecule has 104 valence electrons. The van der Waals surface area contributed by atoms with Crippen LogP contribution in [0.2, 0.25) is 10.0 Å². The molecule has 0 saturated heterocycles. The van der Waals surface area contributed by atoms with Crippen LogP contribution >= 0.6 is 23.2 Å². The van der Waals surface area contributed by atoms with Crippen molar-refractivity contribution in [1.29, 1.82) is 0 Å². The largest absolute Gasteiger partial charge is 0.494 e. The molecule has 2 aromatic rings. The van der Waals surface area contributed by atoms with Gasteiger partial charge in [0.1, 0.15) is 15.8 Å². The Labute approximate surface area is 126 Å². The van der Waals surface area contributed by atoms with Crippen molar-refractivity contribution in [3.63, 3.8) is 0 Å². The predicted octanol–water partition coefficient (Wildman–Crippen LogP) is 4.64. The summed E-state index contributed by atoms with van der Waals surface area (Å²) in [7, 11) is 1.50. The molecular weight excluding hydrogens is 299 g/mol. The molecule has 3 nitrogen and oxygen atoms in total. The fourth-order valence-electron chi connectivity index (χ4n) is 1.79. The van der Waals surface area contributed by atoms with Crippen LogP contribution in [-0.4, -0.2) is 13.1 Å². The van der Waals surface area contributed by atoms with Gasteiger partial charge in [-0.2, -0.15) is 0 Å². The number of hydrogen-bond acceptors (Lipinski definition) is 3. The van der Waals surface area contributed by atoms with Crippen molar-refractivity contribution >= 4 is 39.9 Å². The molecule has 0 bridgehead atoms. The van der Waals surface area contributed by atoms with Gasteiger partial charge in [-0.05, 0) is 6.92 Å². The number of rotatable bonds is 3. The fourth-order valence-corrected chi connectivity index (χ4v) is 2.29. The second kappa shape index (κ2) is 5.73. The quantitative estimate of drug-likeness (QED) is 0.471. The van der Waals surface area contributed by atoms with Crippen LogP contribution in [0.15, 0.2) is 36.4 Å². The van der Waals surface area contributed by atoms with Crippen molar-refractivity contribution in [1.82, 2.24) is 0 Å². The van der Waals surface area contributed by atoms with Gasteiger partial charge < -0.3 is 9.47 Å². The van der Waals surface area contributed by atoms with Gasteiger partial charge in [-0.15, -0.1) is 0 Å². The smallest absolute Gasteiger partial charge is 0.338 e. The summed E-state index contributed by atoms with van der Waals surface area (Å²) in [4.78, 5) is 11.7. The molecule has 0 heterocycles. The average Bonchev–Trinajstić information content (AvgIpc) is 2.44. The van der Waals surface area contributed by atoms with E-state index in [0.29, 0.717) is 16.5 Å². The summed E-state index contributed by atoms with van der Waals surface area (Å²) in [5, 5.41) is 1.71. The molecule has 5 heteroatoms. The summed E-state index contributed by atoms with van der Waals surface area (Å²) in [5.41, 5.74) is 0.275. The van der Waals surface area contributed by atoms with Crippen LogP contribution in [-0.2, 0) is 4.79 Å². The van der Waals surface area contributed by atoms with E-state index >= 15 is 0 Å². The second-order valence-corrected chi connectivity index (χ2v) is 4.96. The number of hydrogen-bond donors (Lipinski definition) is 0. The van der Waals surface area contributed by atoms with E-state index in [4.69, 9.17) is 32.7 Å². The van der Waals surface area contributed by atoms with Gasteiger partial charge in [-0.1, -0.05) is 54.0 Å². The molecule has 0 aromatic heterocycles. The molecule has 0 fully saturated rings. The number of methoxy groups -OCH3 is 1. The summed E-state index contributed by atoms with van der Waals surface area (Å²) in [6.07, 6.45) is 0. The molecule has 0 N–H and O–H groups in total. The summed E-state index contributed by atoms with van der Waals surface area (Å²) in [6.45, 7) is 5.10. The highest BCUT2D eigenvalue weighted by molar-refractivity contribution is 6.45. The van der Waals surface area contributed by atoms with E-state index in [2.05, 4.69) is 6.58 Å². The predicted molar refractivity (Wildman–Crippen MR) is 81.0 cm³/mol. The molecule has 0 spiro atoms. The maximum Gasteiger partial charge on any atom is 0.338 e. The van der Waals surface area contributed by atoms with Gasteiger partial charge in [0.25, 0.3) is 0 Å². The average molecular weight is 311 g/mol. The lowest BCUT2D eigenvalue weighted by atomic mass is 10.1. The molecule has 0 aliphatic heterocycles. The highest BCUT2D eigenvalue weighted by Crippen LogP contribution is 2.46. The van der Waals surface area contributed by atoms with E-state index in [9.17, 15) is 4.79 Å². The lowest BCUT2D eigenvalue weighted by Gasteiger charge is -2.14. The van der Waals surface area contributed by atoms with Gasteiger partial charge in [0.15, 0.2) is 5.75 Å². The number of halogens is 2. The van der Waals surface area contributed by atoms with Gasteiger partial charge >= 0.3 is 5.97 Å². The van der Waals surface area contributed by atoms with Crippen LogP contribution in [0.1, 0.15) is 6.92 Å². The molecular formula is C15H12Cl2O3. The van der Waals surface area contributed by atoms with Gasteiger partial charge in [-0.25, -0.2) is 4.79 Å². The van der Waals surface area contributed by atoms with Crippen molar-refractivity contribution in [2.75, 3.05) is 7.11 Å². The minimum absolute atomic E-state index is 0.136. The highest BCUT2D eigenvalue weighted by Gasteiger charge is 2.20. The van der Waals surface area contributed by atoms with Crippen LogP contribution in [0.4, 0.5) is 0 Å². The topological polar surface area (TPSA) is 35.5 Å². The molecule has 0 aliphatic carbocycles. The van der Waals surface area contributed by atoms with Crippen LogP contribution in [0.5, 0.6) is 11.5 Å². The Morgan fingerprint density at radius 2 is 1.60 bits per heavy atom. The van der Waals surface area contributed by atoms with Crippen LogP contribution < -0.4 is 9.47 Å². The van der Waals surface area contributed by atoms with Gasteiger partial charge in [0.2, 0.25) is 0 Å². The zero-order valence-electron chi connectivity index (χ0n) is 11.0. The van der Waals surface area contributed by atoms with Crippen LogP contribution in [0.3, 0.4) is 0 Å². The molecule has 0 atom stereocenters. The number of ether oxygens (including phenoxy) is 2. The monoisotopic (exact) mass is 310 g/mol. The minimum Gasteiger partial charge on any atom is -0.494 e. The first-order valence-corrected chi connectivity index (χ1v) is 6.54. The Morgan fingerprint density at radius 3 is 2.10 bits per heavy atom. The molecule has 20 heavy (non-hydrogen) atoms. The third-order valence-electron chi connectivity index (χ3n) is 2.76. The van der Waals surface area contributed by atoms with E-state index < -0.39 is 5.97 Å². The Hall–Kier alpha value is -1.71. The summed E-state index contributed by atoms with van der Waals surface area (Å²) in [6, 6.07) is 7.24. The third-order valence-corrected chi connectivity index (χ3v) is 3.57. The Kier molecular flexibility index (Phi) is 4.21. The highest BCUT2D eigenvalue weighted by atomic mass is 35.5. The molecule has 0 unspecified atom stereocenters. The lowest BCUT2D eigenvalue weighted by Crippen LogP contribution is -2.09. The van der Waals surface area contributed by atoms with Crippen molar-refractivity contribution < 1.29 is 14.3 Å². The first kappa shape index (κ1) is 14.7. The summed E-state index contributed by atoms with van der Waals surface area (Å²) in [5.74, 6) is 0.0988. The number of carbonyl (C=O) groups is 1. The molecule has 2 rings (SSSR count). The fraction of sp³-hybridized carbons (Fsp3) is 0.133. The second-order valence-electron chi connectivity index (χ2n) is 4.21. The Morgan fingerprint density at radius 1 is 1.10 bits per heavy atom. The molecule has 0 amide bonds. The zero-order valence-corrected chi connectivity index (χ0v) is 12.5. The third kappa shape index (κ3) is 2.47. The standard InChI is InChI=1S/C15H12Cl2O3/c1-8(2)15(18)20-14-10-7-5-4-6-9(10)13(19-3)11(16)12(14)17/h4-7H,1H2,2-3H3. The normalized spacial score (nSPS) is 10.4. The van der Waals surface area contributed by atoms with E-state index in [1.165, 1.54) is 7.11 Å². The molecule has 2 aromatic carbocycles. The number of esters is 1. The van der Waals surface area contributed by atoms with Gasteiger partial charge in [0.05, 0.1) is 7.11 Å². The lowest BCUT2D eigenvalue weighted by molar-refractivity contribution is -0.129. The van der Waals surface area contributed by atoms with E-state index in [0.717, 1.165) is 0 Å². The molecule has 0 radical (unpaired) electrons. The van der Waals surface area contributed by atoms with Crippen molar-refractivity contribution in [3.8, 4) is 11.5 Å². The Bertz CT molecular complexity index is 708. The van der Waals surface area contributed by atoms with Crippen molar-refractivity contribution in [2.24, 2.45) is 0 Å². The summed E-state index contributed by atoms with van der Waals surface area (Å²) < 4.78 is 10.6. The number of benzene rings is 2. The van der Waals surface area contributed by atoms with Crippen LogP contribution in [0.25, 0.3) is 10.8 Å². The van der Waals surface area contributed by atoms with Crippen molar-refractivity contribution in [2.45, 2.75) is 6.92 Å². The Balaban J connectivity index is 2.74. The van der Waals surface area contributed by atoms with Crippen LogP contribution in [0, 0.1) is 0 Å². The molecule has 0 aliphatic rings. The first-order chi connectivity index (χ1) is 9.47. The van der Waals surface area contributed by atoms with Crippen molar-refractivity contribution in [3.05, 3.63) is 46.5 Å². The van der Waals surface area contributed by atoms with E-state index in [-0.39, 0.29) is 21.4 Å². The maximum atomic E-state index is 11.7. The van der Waals surface area contributed by atoms with Gasteiger partial charge in [-0.3, -0.25) is 0 Å². The van der Waals surface area contributed by atoms with Gasteiger partial charge in [0, 0.05) is 16.3 Å². The van der Waals surface area contributed by atoms with E-state index in [1.807, 2.05) is 18.2 Å². The SMILES string of the molecule is C=C(C)C(=O)Oc1c(Cl)c(Cl)c(OC)c2ccccc12. The maximum absolute atomic E-state index is 11.7. The number of fused-ring (bicyclic) bond motifs is 1. The van der Waals surface area contributed by atoms with E-state index in [1.54, 1.807) is 13.0 Å².